The summed E-state index contributed by atoms with van der Waals surface area (Å²) in [6.07, 6.45) is 2.29. The van der Waals surface area contributed by atoms with Gasteiger partial charge >= 0.3 is 5.97 Å². The standard InChI is InChI=1S/C5H10O2S2/c1-9-4-7-5(6)2-3-8/h8H,2-4H2,1H3. The lowest BCUT2D eigenvalue weighted by Gasteiger charge is -1.98. The highest BCUT2D eigenvalue weighted by Gasteiger charge is 1.97. The van der Waals surface area contributed by atoms with Gasteiger partial charge in [-0.25, -0.2) is 0 Å². The molecule has 0 rings (SSSR count). The van der Waals surface area contributed by atoms with E-state index in [1.807, 2.05) is 6.26 Å². The van der Waals surface area contributed by atoms with Gasteiger partial charge < -0.3 is 4.74 Å². The van der Waals surface area contributed by atoms with Crippen molar-refractivity contribution >= 4 is 30.4 Å². The Morgan fingerprint density at radius 1 is 1.78 bits per heavy atom. The molecule has 4 heteroatoms. The minimum Gasteiger partial charge on any atom is -0.455 e. The van der Waals surface area contributed by atoms with Crippen LogP contribution in [0.5, 0.6) is 0 Å². The van der Waals surface area contributed by atoms with Gasteiger partial charge in [0, 0.05) is 5.75 Å². The van der Waals surface area contributed by atoms with Gasteiger partial charge in [0.2, 0.25) is 0 Å². The van der Waals surface area contributed by atoms with E-state index in [4.69, 9.17) is 4.74 Å². The minimum atomic E-state index is -0.167. The smallest absolute Gasteiger partial charge is 0.307 e. The largest absolute Gasteiger partial charge is 0.455 e. The molecule has 0 fully saturated rings. The first-order valence-corrected chi connectivity index (χ1v) is 4.59. The molecule has 0 N–H and O–H groups in total. The van der Waals surface area contributed by atoms with Crippen molar-refractivity contribution in [2.24, 2.45) is 0 Å². The molecular formula is C5H10O2S2. The fourth-order valence-corrected chi connectivity index (χ4v) is 0.720. The number of thioether (sulfide) groups is 1. The highest BCUT2D eigenvalue weighted by atomic mass is 32.2. The topological polar surface area (TPSA) is 26.3 Å². The molecule has 0 unspecified atom stereocenters. The lowest BCUT2D eigenvalue weighted by molar-refractivity contribution is -0.140. The number of hydrogen-bond donors (Lipinski definition) is 1. The van der Waals surface area contributed by atoms with Crippen LogP contribution in [0.1, 0.15) is 6.42 Å². The van der Waals surface area contributed by atoms with Crippen molar-refractivity contribution in [2.45, 2.75) is 6.42 Å². The van der Waals surface area contributed by atoms with Gasteiger partial charge in [-0.15, -0.1) is 11.8 Å². The molecule has 0 aliphatic rings. The van der Waals surface area contributed by atoms with E-state index in [2.05, 4.69) is 12.6 Å². The van der Waals surface area contributed by atoms with E-state index in [1.165, 1.54) is 11.8 Å². The third kappa shape index (κ3) is 6.05. The lowest BCUT2D eigenvalue weighted by atomic mass is 10.5. The molecular weight excluding hydrogens is 156 g/mol. The predicted octanol–water partition coefficient (Wildman–Crippen LogP) is 1.17. The second kappa shape index (κ2) is 6.29. The van der Waals surface area contributed by atoms with Crippen molar-refractivity contribution in [1.29, 1.82) is 0 Å². The van der Waals surface area contributed by atoms with E-state index in [1.54, 1.807) is 0 Å². The summed E-state index contributed by atoms with van der Waals surface area (Å²) in [6, 6.07) is 0. The van der Waals surface area contributed by atoms with Crippen molar-refractivity contribution in [1.82, 2.24) is 0 Å². The predicted molar refractivity (Wildman–Crippen MR) is 42.9 cm³/mol. The number of carbonyl (C=O) groups is 1. The van der Waals surface area contributed by atoms with Gasteiger partial charge in [-0.3, -0.25) is 4.79 Å². The van der Waals surface area contributed by atoms with E-state index in [9.17, 15) is 4.79 Å². The fraction of sp³-hybridized carbons (Fsp3) is 0.800. The van der Waals surface area contributed by atoms with Crippen molar-refractivity contribution in [3.63, 3.8) is 0 Å². The van der Waals surface area contributed by atoms with Crippen LogP contribution in [-0.2, 0) is 9.53 Å². The molecule has 0 radical (unpaired) electrons. The second-order valence-corrected chi connectivity index (χ2v) is 2.66. The van der Waals surface area contributed by atoms with Crippen LogP contribution in [0.15, 0.2) is 0 Å². The summed E-state index contributed by atoms with van der Waals surface area (Å²) in [4.78, 5) is 10.5. The molecule has 0 aliphatic carbocycles. The molecule has 0 bridgehead atoms. The third-order valence-electron chi connectivity index (χ3n) is 0.654. The Hall–Kier alpha value is 0.170. The molecule has 9 heavy (non-hydrogen) atoms. The fourth-order valence-electron chi connectivity index (χ4n) is 0.288. The maximum atomic E-state index is 10.5. The van der Waals surface area contributed by atoms with Crippen molar-refractivity contribution < 1.29 is 9.53 Å². The molecule has 0 aromatic heterocycles. The Kier molecular flexibility index (Phi) is 6.41. The molecule has 0 atom stereocenters. The monoisotopic (exact) mass is 166 g/mol. The van der Waals surface area contributed by atoms with Crippen LogP contribution in [0.4, 0.5) is 0 Å². The number of rotatable bonds is 4. The number of carbonyl (C=O) groups excluding carboxylic acids is 1. The van der Waals surface area contributed by atoms with Crippen LogP contribution >= 0.6 is 24.4 Å². The van der Waals surface area contributed by atoms with Gasteiger partial charge in [0.25, 0.3) is 0 Å². The van der Waals surface area contributed by atoms with E-state index in [0.717, 1.165) is 0 Å². The normalized spacial score (nSPS) is 9.11. The molecule has 0 aromatic rings. The lowest BCUT2D eigenvalue weighted by Crippen LogP contribution is -2.03. The minimum absolute atomic E-state index is 0.167. The van der Waals surface area contributed by atoms with E-state index < -0.39 is 0 Å². The van der Waals surface area contributed by atoms with E-state index in [-0.39, 0.29) is 5.97 Å². The molecule has 0 heterocycles. The van der Waals surface area contributed by atoms with Gasteiger partial charge in [-0.2, -0.15) is 12.6 Å². The third-order valence-corrected chi connectivity index (χ3v) is 1.23. The zero-order valence-corrected chi connectivity index (χ0v) is 7.00. The highest BCUT2D eigenvalue weighted by Crippen LogP contribution is 1.95. The first-order chi connectivity index (χ1) is 4.31. The first-order valence-electron chi connectivity index (χ1n) is 2.56. The van der Waals surface area contributed by atoms with Gasteiger partial charge in [-0.05, 0) is 6.26 Å². The molecule has 2 nitrogen and oxygen atoms in total. The Labute approximate surface area is 64.8 Å². The van der Waals surface area contributed by atoms with Crippen LogP contribution < -0.4 is 0 Å². The van der Waals surface area contributed by atoms with Crippen molar-refractivity contribution in [3.05, 3.63) is 0 Å². The molecule has 54 valence electrons. The van der Waals surface area contributed by atoms with Crippen LogP contribution in [0.2, 0.25) is 0 Å². The summed E-state index contributed by atoms with van der Waals surface area (Å²) in [6.45, 7) is 0. The number of thiol groups is 1. The van der Waals surface area contributed by atoms with E-state index in [0.29, 0.717) is 18.1 Å². The maximum Gasteiger partial charge on any atom is 0.307 e. The summed E-state index contributed by atoms with van der Waals surface area (Å²) in [5.74, 6) is 0.846. The number of esters is 1. The zero-order valence-electron chi connectivity index (χ0n) is 5.29. The Morgan fingerprint density at radius 2 is 2.44 bits per heavy atom. The second-order valence-electron chi connectivity index (χ2n) is 1.40. The highest BCUT2D eigenvalue weighted by molar-refractivity contribution is 7.98. The summed E-state index contributed by atoms with van der Waals surface area (Å²) in [7, 11) is 0. The molecule has 0 saturated carbocycles. The molecule has 0 spiro atoms. The summed E-state index contributed by atoms with van der Waals surface area (Å²) in [5, 5.41) is 0. The quantitative estimate of drug-likeness (QED) is 0.386. The van der Waals surface area contributed by atoms with E-state index >= 15 is 0 Å². The van der Waals surface area contributed by atoms with Crippen LogP contribution in [0.3, 0.4) is 0 Å². The SMILES string of the molecule is CSCOC(=O)CCS. The van der Waals surface area contributed by atoms with Gasteiger partial charge in [0.15, 0.2) is 0 Å². The first kappa shape index (κ1) is 9.17. The molecule has 0 amide bonds. The number of hydrogen-bond acceptors (Lipinski definition) is 4. The number of ether oxygens (including phenoxy) is 1. The Bertz CT molecular complexity index is 85.0. The average molecular weight is 166 g/mol. The summed E-state index contributed by atoms with van der Waals surface area (Å²) in [5.41, 5.74) is 0. The van der Waals surface area contributed by atoms with Gasteiger partial charge in [-0.1, -0.05) is 0 Å². The molecule has 0 saturated heterocycles. The summed E-state index contributed by atoms with van der Waals surface area (Å²) >= 11 is 5.36. The van der Waals surface area contributed by atoms with Crippen molar-refractivity contribution in [3.8, 4) is 0 Å². The average Bonchev–Trinajstić information content (AvgIpc) is 1.85. The molecule has 0 aliphatic heterocycles. The van der Waals surface area contributed by atoms with Gasteiger partial charge in [0.1, 0.15) is 5.94 Å². The van der Waals surface area contributed by atoms with Crippen LogP contribution in [0.25, 0.3) is 0 Å². The van der Waals surface area contributed by atoms with Crippen molar-refractivity contribution in [2.75, 3.05) is 17.9 Å². The van der Waals surface area contributed by atoms with Crippen LogP contribution in [-0.4, -0.2) is 23.9 Å². The zero-order chi connectivity index (χ0) is 7.11. The maximum absolute atomic E-state index is 10.5. The Morgan fingerprint density at radius 3 is 2.89 bits per heavy atom. The molecule has 0 aromatic carbocycles. The summed E-state index contributed by atoms with van der Waals surface area (Å²) < 4.78 is 4.71. The van der Waals surface area contributed by atoms with Crippen LogP contribution in [0, 0.1) is 0 Å². The Balaban J connectivity index is 3.06. The van der Waals surface area contributed by atoms with Gasteiger partial charge in [0.05, 0.1) is 6.42 Å².